The Bertz CT molecular complexity index is 701. The van der Waals surface area contributed by atoms with Gasteiger partial charge in [0.25, 0.3) is 0 Å². The van der Waals surface area contributed by atoms with E-state index in [1.165, 1.54) is 154 Å². The summed E-state index contributed by atoms with van der Waals surface area (Å²) in [4.78, 5) is 11.7. The van der Waals surface area contributed by atoms with E-state index >= 15 is 0 Å². The highest BCUT2D eigenvalue weighted by molar-refractivity contribution is 5.76. The average Bonchev–Trinajstić information content (AvgIpc) is 3.05. The monoisotopic (exact) mass is 646 g/mol. The maximum absolute atomic E-state index is 11.7. The lowest BCUT2D eigenvalue weighted by atomic mass is 10.0. The number of hydrogen-bond donors (Lipinski definition) is 3. The van der Waals surface area contributed by atoms with Gasteiger partial charge in [0.2, 0.25) is 5.91 Å². The Morgan fingerprint density at radius 3 is 1.22 bits per heavy atom. The van der Waals surface area contributed by atoms with Gasteiger partial charge in [0.15, 0.2) is 0 Å². The van der Waals surface area contributed by atoms with Crippen LogP contribution >= 0.6 is 0 Å². The van der Waals surface area contributed by atoms with Gasteiger partial charge < -0.3 is 15.5 Å². The molecule has 1 amide bonds. The number of hydrogen-bond acceptors (Lipinski definition) is 3. The fraction of sp³-hybridized carbons (Fsp3) is 0.833. The summed E-state index contributed by atoms with van der Waals surface area (Å²) in [6.07, 6.45) is 51.2. The van der Waals surface area contributed by atoms with Gasteiger partial charge in [0, 0.05) is 6.42 Å². The summed E-state index contributed by atoms with van der Waals surface area (Å²) in [6, 6.07) is -0.638. The van der Waals surface area contributed by atoms with E-state index in [0.717, 1.165) is 32.1 Å². The van der Waals surface area contributed by atoms with Crippen molar-refractivity contribution in [1.82, 2.24) is 5.32 Å². The molecule has 0 aliphatic rings. The summed E-state index contributed by atoms with van der Waals surface area (Å²) in [7, 11) is 0. The first-order valence-corrected chi connectivity index (χ1v) is 20.2. The number of allylic oxidation sites excluding steroid dienone is 5. The quantitative estimate of drug-likeness (QED) is 0.0469. The molecule has 4 heteroatoms. The van der Waals surface area contributed by atoms with Gasteiger partial charge in [-0.05, 0) is 44.9 Å². The van der Waals surface area contributed by atoms with Crippen LogP contribution in [0.1, 0.15) is 206 Å². The van der Waals surface area contributed by atoms with E-state index in [4.69, 9.17) is 0 Å². The van der Waals surface area contributed by atoms with Gasteiger partial charge in [-0.15, -0.1) is 0 Å². The molecule has 3 N–H and O–H groups in total. The Labute approximate surface area is 287 Å². The van der Waals surface area contributed by atoms with Crippen LogP contribution in [-0.2, 0) is 4.79 Å². The van der Waals surface area contributed by atoms with Gasteiger partial charge in [-0.25, -0.2) is 0 Å². The second-order valence-electron chi connectivity index (χ2n) is 13.7. The van der Waals surface area contributed by atoms with Gasteiger partial charge in [0.05, 0.1) is 18.8 Å². The molecule has 46 heavy (non-hydrogen) atoms. The molecule has 0 bridgehead atoms. The van der Waals surface area contributed by atoms with E-state index < -0.39 is 12.1 Å². The van der Waals surface area contributed by atoms with Gasteiger partial charge in [-0.2, -0.15) is 0 Å². The molecule has 0 aliphatic carbocycles. The lowest BCUT2D eigenvalue weighted by molar-refractivity contribution is -0.122. The summed E-state index contributed by atoms with van der Waals surface area (Å²) in [6.45, 7) is 3.96. The number of amides is 1. The van der Waals surface area contributed by atoms with E-state index in [2.05, 4.69) is 36.5 Å². The molecule has 0 aromatic heterocycles. The summed E-state index contributed by atoms with van der Waals surface area (Å²) in [5, 5.41) is 22.2. The third-order valence-electron chi connectivity index (χ3n) is 9.07. The molecule has 0 heterocycles. The van der Waals surface area contributed by atoms with Gasteiger partial charge >= 0.3 is 0 Å². The summed E-state index contributed by atoms with van der Waals surface area (Å²) in [5.74, 6) is -0.132. The number of carbonyl (C=O) groups excluding carboxylic acids is 1. The van der Waals surface area contributed by atoms with Crippen molar-refractivity contribution in [1.29, 1.82) is 0 Å². The first-order chi connectivity index (χ1) is 22.7. The molecule has 2 unspecified atom stereocenters. The van der Waals surface area contributed by atoms with Crippen LogP contribution in [0.4, 0.5) is 0 Å². The number of nitrogens with one attached hydrogen (secondary N) is 1. The van der Waals surface area contributed by atoms with Crippen LogP contribution in [-0.4, -0.2) is 34.9 Å². The number of rotatable bonds is 36. The Morgan fingerprint density at radius 2 is 0.848 bits per heavy atom. The van der Waals surface area contributed by atoms with Crippen LogP contribution < -0.4 is 5.32 Å². The molecule has 0 fully saturated rings. The normalized spacial score (nSPS) is 13.4. The summed E-state index contributed by atoms with van der Waals surface area (Å²) >= 11 is 0. The standard InChI is InChI=1S/C42H79NO3/c1-3-5-6-7-8-9-10-11-12-13-14-15-16-17-18-19-20-21-22-23-24-25-26-27-28-29-30-31-32-33-34-35-36-38-41(45)40(39-44)43-42(46)37-4-2/h28-29,32-33,36,38,40-41,44-45H,3-27,30-31,34-35,37,39H2,1-2H3,(H,43,46)/b29-28+,33-32+,38-36+. The zero-order valence-corrected chi connectivity index (χ0v) is 30.8. The van der Waals surface area contributed by atoms with Crippen molar-refractivity contribution in [2.45, 2.75) is 219 Å². The van der Waals surface area contributed by atoms with E-state index in [9.17, 15) is 15.0 Å². The van der Waals surface area contributed by atoms with Crippen molar-refractivity contribution in [2.24, 2.45) is 0 Å². The maximum atomic E-state index is 11.7. The molecule has 0 spiro atoms. The fourth-order valence-electron chi connectivity index (χ4n) is 6.02. The Kier molecular flexibility index (Phi) is 36.9. The first-order valence-electron chi connectivity index (χ1n) is 20.2. The van der Waals surface area contributed by atoms with Crippen molar-refractivity contribution in [2.75, 3.05) is 6.61 Å². The molecule has 0 saturated carbocycles. The zero-order chi connectivity index (χ0) is 33.6. The average molecular weight is 646 g/mol. The predicted octanol–water partition coefficient (Wildman–Crippen LogP) is 12.2. The molecule has 0 radical (unpaired) electrons. The fourth-order valence-corrected chi connectivity index (χ4v) is 6.02. The third kappa shape index (κ3) is 34.0. The van der Waals surface area contributed by atoms with Crippen LogP contribution in [0.3, 0.4) is 0 Å². The van der Waals surface area contributed by atoms with Crippen LogP contribution in [0.25, 0.3) is 0 Å². The molecule has 270 valence electrons. The highest BCUT2D eigenvalue weighted by Gasteiger charge is 2.17. The summed E-state index contributed by atoms with van der Waals surface area (Å²) < 4.78 is 0. The largest absolute Gasteiger partial charge is 0.394 e. The lowest BCUT2D eigenvalue weighted by Crippen LogP contribution is -2.45. The van der Waals surface area contributed by atoms with Crippen LogP contribution in [0.2, 0.25) is 0 Å². The molecule has 0 aromatic carbocycles. The smallest absolute Gasteiger partial charge is 0.220 e. The van der Waals surface area contributed by atoms with Crippen molar-refractivity contribution in [3.63, 3.8) is 0 Å². The molecule has 4 nitrogen and oxygen atoms in total. The SMILES string of the molecule is CCCCCCCCCCCCCCCCCCCCCCCCC/C=C/CC/C=C/CC/C=C/C(O)C(CO)NC(=O)CCC. The molecule has 0 aliphatic heterocycles. The van der Waals surface area contributed by atoms with Crippen LogP contribution in [0, 0.1) is 0 Å². The highest BCUT2D eigenvalue weighted by Crippen LogP contribution is 2.16. The second kappa shape index (κ2) is 38.1. The van der Waals surface area contributed by atoms with Gasteiger partial charge in [0.1, 0.15) is 0 Å². The second-order valence-corrected chi connectivity index (χ2v) is 13.7. The highest BCUT2D eigenvalue weighted by atomic mass is 16.3. The van der Waals surface area contributed by atoms with Gasteiger partial charge in [-0.1, -0.05) is 192 Å². The van der Waals surface area contributed by atoms with Crippen molar-refractivity contribution >= 4 is 5.91 Å². The topological polar surface area (TPSA) is 69.6 Å². The minimum absolute atomic E-state index is 0.132. The molecule has 2 atom stereocenters. The Morgan fingerprint density at radius 1 is 0.500 bits per heavy atom. The predicted molar refractivity (Wildman–Crippen MR) is 202 cm³/mol. The van der Waals surface area contributed by atoms with E-state index in [-0.39, 0.29) is 12.5 Å². The van der Waals surface area contributed by atoms with Gasteiger partial charge in [-0.3, -0.25) is 4.79 Å². The van der Waals surface area contributed by atoms with E-state index in [0.29, 0.717) is 6.42 Å². The first kappa shape index (κ1) is 44.6. The Hall–Kier alpha value is -1.39. The third-order valence-corrected chi connectivity index (χ3v) is 9.07. The minimum Gasteiger partial charge on any atom is -0.394 e. The lowest BCUT2D eigenvalue weighted by Gasteiger charge is -2.19. The van der Waals surface area contributed by atoms with Crippen LogP contribution in [0.15, 0.2) is 36.5 Å². The van der Waals surface area contributed by atoms with E-state index in [1.54, 1.807) is 6.08 Å². The van der Waals surface area contributed by atoms with E-state index in [1.807, 2.05) is 13.0 Å². The molecule has 0 rings (SSSR count). The molecule has 0 saturated heterocycles. The van der Waals surface area contributed by atoms with Crippen molar-refractivity contribution in [3.05, 3.63) is 36.5 Å². The zero-order valence-electron chi connectivity index (χ0n) is 30.8. The Balaban J connectivity index is 3.36. The summed E-state index contributed by atoms with van der Waals surface area (Å²) in [5.41, 5.74) is 0. The molecular weight excluding hydrogens is 566 g/mol. The molecular formula is C42H79NO3. The number of unbranched alkanes of at least 4 members (excludes halogenated alkanes) is 25. The number of aliphatic hydroxyl groups excluding tert-OH is 2. The number of aliphatic hydroxyl groups is 2. The maximum Gasteiger partial charge on any atom is 0.220 e. The molecule has 0 aromatic rings. The minimum atomic E-state index is -0.863. The van der Waals surface area contributed by atoms with Crippen LogP contribution in [0.5, 0.6) is 0 Å². The van der Waals surface area contributed by atoms with Crippen molar-refractivity contribution in [3.8, 4) is 0 Å². The number of carbonyl (C=O) groups is 1. The van der Waals surface area contributed by atoms with Crippen molar-refractivity contribution < 1.29 is 15.0 Å².